The topological polar surface area (TPSA) is 57.9 Å². The number of fused-ring (bicyclic) bond motifs is 1. The van der Waals surface area contributed by atoms with Gasteiger partial charge in [-0.1, -0.05) is 30.3 Å². The molecule has 3 aromatic rings. The molecule has 0 bridgehead atoms. The van der Waals surface area contributed by atoms with Crippen molar-refractivity contribution in [2.75, 3.05) is 26.2 Å². The number of thiazole rings is 1. The molecule has 0 N–H and O–H groups in total. The number of amides is 1. The van der Waals surface area contributed by atoms with Crippen molar-refractivity contribution in [2.24, 2.45) is 0 Å². The highest BCUT2D eigenvalue weighted by molar-refractivity contribution is 7.99. The summed E-state index contributed by atoms with van der Waals surface area (Å²) >= 11 is 3.15. The highest BCUT2D eigenvalue weighted by atomic mass is 32.2. The van der Waals surface area contributed by atoms with Gasteiger partial charge < -0.3 is 4.90 Å². The van der Waals surface area contributed by atoms with Crippen LogP contribution >= 0.6 is 23.1 Å². The van der Waals surface area contributed by atoms with Crippen LogP contribution < -0.4 is 5.56 Å². The fourth-order valence-corrected chi connectivity index (χ4v) is 5.11. The summed E-state index contributed by atoms with van der Waals surface area (Å²) in [6.45, 7) is 5.67. The molecule has 1 atom stereocenters. The molecule has 4 rings (SSSR count). The number of thioether (sulfide) groups is 1. The molecule has 1 aromatic carbocycles. The van der Waals surface area contributed by atoms with E-state index < -0.39 is 0 Å². The molecule has 0 radical (unpaired) electrons. The molecule has 8 heteroatoms. The molecule has 1 saturated heterocycles. The van der Waals surface area contributed by atoms with Crippen LogP contribution in [0.2, 0.25) is 0 Å². The maximum Gasteiger partial charge on any atom is 0.258 e. The van der Waals surface area contributed by atoms with E-state index in [1.165, 1.54) is 16.9 Å². The molecule has 1 amide bonds. The largest absolute Gasteiger partial charge is 0.339 e. The van der Waals surface area contributed by atoms with Crippen molar-refractivity contribution < 1.29 is 4.79 Å². The van der Waals surface area contributed by atoms with Gasteiger partial charge in [-0.3, -0.25) is 18.9 Å². The second-order valence-corrected chi connectivity index (χ2v) is 9.38. The van der Waals surface area contributed by atoms with Gasteiger partial charge in [0.15, 0.2) is 4.96 Å². The lowest BCUT2D eigenvalue weighted by atomic mass is 10.2. The highest BCUT2D eigenvalue weighted by Gasteiger charge is 2.25. The molecule has 0 aliphatic carbocycles. The predicted octanol–water partition coefficient (Wildman–Crippen LogP) is 2.72. The summed E-state index contributed by atoms with van der Waals surface area (Å²) in [5.74, 6) is 1.06. The monoisotopic (exact) mass is 428 g/mol. The molecule has 1 aliphatic heterocycles. The maximum absolute atomic E-state index is 12.8. The molecule has 1 fully saturated rings. The molecular formula is C21H24N4O2S2. The van der Waals surface area contributed by atoms with Crippen LogP contribution in [0.4, 0.5) is 0 Å². The van der Waals surface area contributed by atoms with Crippen LogP contribution in [0.3, 0.4) is 0 Å². The average Bonchev–Trinajstić information content (AvgIpc) is 3.22. The maximum atomic E-state index is 12.8. The fraction of sp³-hybridized carbons (Fsp3) is 0.381. The van der Waals surface area contributed by atoms with Crippen LogP contribution in [0, 0.1) is 0 Å². The van der Waals surface area contributed by atoms with E-state index in [1.807, 2.05) is 35.4 Å². The summed E-state index contributed by atoms with van der Waals surface area (Å²) in [6.07, 6.45) is 1.75. The Kier molecular flexibility index (Phi) is 6.32. The van der Waals surface area contributed by atoms with E-state index in [0.29, 0.717) is 6.54 Å². The number of piperazine rings is 1. The highest BCUT2D eigenvalue weighted by Crippen LogP contribution is 2.20. The van der Waals surface area contributed by atoms with Crippen LogP contribution in [0.5, 0.6) is 0 Å². The molecule has 0 unspecified atom stereocenters. The Morgan fingerprint density at radius 3 is 2.72 bits per heavy atom. The van der Waals surface area contributed by atoms with E-state index in [1.54, 1.807) is 28.4 Å². The van der Waals surface area contributed by atoms with Gasteiger partial charge in [0, 0.05) is 56.1 Å². The Hall–Kier alpha value is -2.16. The number of carbonyl (C=O) groups excluding carboxylic acids is 1. The van der Waals surface area contributed by atoms with Crippen LogP contribution in [0.25, 0.3) is 4.96 Å². The van der Waals surface area contributed by atoms with Gasteiger partial charge in [0.2, 0.25) is 5.91 Å². The van der Waals surface area contributed by atoms with Crippen molar-refractivity contribution in [3.63, 3.8) is 0 Å². The molecule has 152 valence electrons. The number of hydrogen-bond donors (Lipinski definition) is 0. The second-order valence-electron chi connectivity index (χ2n) is 7.18. The minimum Gasteiger partial charge on any atom is -0.339 e. The zero-order valence-electron chi connectivity index (χ0n) is 16.4. The van der Waals surface area contributed by atoms with Gasteiger partial charge in [-0.15, -0.1) is 23.1 Å². The lowest BCUT2D eigenvalue weighted by Gasteiger charge is -2.35. The van der Waals surface area contributed by atoms with Gasteiger partial charge in [-0.2, -0.15) is 0 Å². The van der Waals surface area contributed by atoms with E-state index in [4.69, 9.17) is 0 Å². The SMILES string of the molecule is C[C@@H](SCc1ccccc1)C(=O)N1CCN(Cc2cc(=O)n3ccsc3n2)CC1. The van der Waals surface area contributed by atoms with E-state index in [0.717, 1.165) is 42.6 Å². The molecule has 1 aliphatic rings. The van der Waals surface area contributed by atoms with Crippen LogP contribution in [-0.2, 0) is 17.1 Å². The molecule has 2 aromatic heterocycles. The van der Waals surface area contributed by atoms with Crippen LogP contribution in [0.15, 0.2) is 52.8 Å². The number of hydrogen-bond acceptors (Lipinski definition) is 6. The molecule has 6 nitrogen and oxygen atoms in total. The first-order valence-corrected chi connectivity index (χ1v) is 11.7. The standard InChI is InChI=1S/C21H24N4O2S2/c1-16(29-15-17-5-3-2-4-6-17)20(27)24-9-7-23(8-10-24)14-18-13-19(26)25-11-12-28-21(25)22-18/h2-6,11-13,16H,7-10,14-15H2,1H3/t16-/m1/s1. The number of benzene rings is 1. The van der Waals surface area contributed by atoms with Crippen LogP contribution in [0.1, 0.15) is 18.2 Å². The smallest absolute Gasteiger partial charge is 0.258 e. The van der Waals surface area contributed by atoms with Crippen molar-refractivity contribution in [3.8, 4) is 0 Å². The summed E-state index contributed by atoms with van der Waals surface area (Å²) in [4.78, 5) is 34.4. The Morgan fingerprint density at radius 2 is 1.97 bits per heavy atom. The van der Waals surface area contributed by atoms with Crippen molar-refractivity contribution in [2.45, 2.75) is 24.5 Å². The number of rotatable bonds is 6. The summed E-state index contributed by atoms with van der Waals surface area (Å²) in [5, 5.41) is 1.82. The number of carbonyl (C=O) groups is 1. The van der Waals surface area contributed by atoms with Crippen molar-refractivity contribution in [1.82, 2.24) is 19.2 Å². The molecular weight excluding hydrogens is 404 g/mol. The summed E-state index contributed by atoms with van der Waals surface area (Å²) < 4.78 is 1.57. The number of aromatic nitrogens is 2. The Morgan fingerprint density at radius 1 is 1.21 bits per heavy atom. The second kappa shape index (κ2) is 9.11. The first-order chi connectivity index (χ1) is 14.1. The minimum absolute atomic E-state index is 0.0377. The van der Waals surface area contributed by atoms with E-state index in [-0.39, 0.29) is 16.7 Å². The Labute approximate surface area is 178 Å². The fourth-order valence-electron chi connectivity index (χ4n) is 3.45. The van der Waals surface area contributed by atoms with Gasteiger partial charge in [0.1, 0.15) is 0 Å². The normalized spacial score (nSPS) is 16.2. The summed E-state index contributed by atoms with van der Waals surface area (Å²) in [7, 11) is 0. The zero-order chi connectivity index (χ0) is 20.2. The number of nitrogens with zero attached hydrogens (tertiary/aromatic N) is 4. The molecule has 29 heavy (non-hydrogen) atoms. The van der Waals surface area contributed by atoms with Crippen molar-refractivity contribution >= 4 is 34.0 Å². The molecule has 0 spiro atoms. The predicted molar refractivity (Wildman–Crippen MR) is 118 cm³/mol. The van der Waals surface area contributed by atoms with Gasteiger partial charge in [0.05, 0.1) is 10.9 Å². The first kappa shape index (κ1) is 20.1. The van der Waals surface area contributed by atoms with E-state index >= 15 is 0 Å². The molecule has 0 saturated carbocycles. The van der Waals surface area contributed by atoms with Gasteiger partial charge in [-0.05, 0) is 12.5 Å². The van der Waals surface area contributed by atoms with E-state index in [2.05, 4.69) is 22.0 Å². The zero-order valence-corrected chi connectivity index (χ0v) is 18.0. The van der Waals surface area contributed by atoms with Crippen molar-refractivity contribution in [1.29, 1.82) is 0 Å². The van der Waals surface area contributed by atoms with Gasteiger partial charge in [-0.25, -0.2) is 4.98 Å². The summed E-state index contributed by atoms with van der Waals surface area (Å²) in [5.41, 5.74) is 2.00. The third kappa shape index (κ3) is 4.88. The summed E-state index contributed by atoms with van der Waals surface area (Å²) in [6, 6.07) is 11.9. The first-order valence-electron chi connectivity index (χ1n) is 9.72. The van der Waals surface area contributed by atoms with Gasteiger partial charge >= 0.3 is 0 Å². The van der Waals surface area contributed by atoms with Crippen LogP contribution in [-0.4, -0.2) is 56.5 Å². The van der Waals surface area contributed by atoms with Crippen molar-refractivity contribution in [3.05, 3.63) is 69.6 Å². The van der Waals surface area contributed by atoms with E-state index in [9.17, 15) is 9.59 Å². The molecule has 3 heterocycles. The van der Waals surface area contributed by atoms with Gasteiger partial charge in [0.25, 0.3) is 5.56 Å². The third-order valence-electron chi connectivity index (χ3n) is 5.12. The lowest BCUT2D eigenvalue weighted by molar-refractivity contribution is -0.132. The third-order valence-corrected chi connectivity index (χ3v) is 7.07. The quantitative estimate of drug-likeness (QED) is 0.604. The Bertz CT molecular complexity index is 1030. The minimum atomic E-state index is -0.0512. The lowest BCUT2D eigenvalue weighted by Crippen LogP contribution is -2.50. The Balaban J connectivity index is 1.28. The average molecular weight is 429 g/mol.